The first-order chi connectivity index (χ1) is 11.2. The van der Waals surface area contributed by atoms with E-state index in [1.54, 1.807) is 13.0 Å². The summed E-state index contributed by atoms with van der Waals surface area (Å²) in [6.45, 7) is 15.6. The van der Waals surface area contributed by atoms with Crippen molar-refractivity contribution < 1.29 is 4.79 Å². The summed E-state index contributed by atoms with van der Waals surface area (Å²) >= 11 is 6.38. The predicted molar refractivity (Wildman–Crippen MR) is 106 cm³/mol. The highest BCUT2D eigenvalue weighted by molar-refractivity contribution is 6.26. The molecule has 0 saturated carbocycles. The summed E-state index contributed by atoms with van der Waals surface area (Å²) in [7, 11) is 0. The van der Waals surface area contributed by atoms with Crippen molar-refractivity contribution >= 4 is 23.0 Å². The van der Waals surface area contributed by atoms with Crippen LogP contribution in [0.1, 0.15) is 44.7 Å². The van der Waals surface area contributed by atoms with E-state index < -0.39 is 4.87 Å². The molecular weight excluding hydrogens is 316 g/mol. The quantitative estimate of drug-likeness (QED) is 0.302. The van der Waals surface area contributed by atoms with Gasteiger partial charge in [0.15, 0.2) is 0 Å². The van der Waals surface area contributed by atoms with Crippen LogP contribution in [0.15, 0.2) is 66.8 Å². The molecule has 0 aromatic heterocycles. The van der Waals surface area contributed by atoms with Crippen molar-refractivity contribution in [3.05, 3.63) is 77.9 Å². The van der Waals surface area contributed by atoms with Crippen LogP contribution in [0.4, 0.5) is 0 Å². The van der Waals surface area contributed by atoms with E-state index in [0.29, 0.717) is 12.8 Å². The van der Waals surface area contributed by atoms with Crippen molar-refractivity contribution in [1.82, 2.24) is 0 Å². The highest BCUT2D eigenvalue weighted by Crippen LogP contribution is 2.30. The standard InChI is InChI=1S/C22H27ClO/c1-7-22(6,23)15-14-21(20-11-9-8-10-17(20)3)19(5)16(2)12-13-18(4)24/h7-11,14-15H,1-2,12-13H2,3-6H3/b15-14-,21-19-. The molecule has 0 radical (unpaired) electrons. The molecule has 1 rings (SSSR count). The van der Waals surface area contributed by atoms with Crippen molar-refractivity contribution in [1.29, 1.82) is 0 Å². The van der Waals surface area contributed by atoms with E-state index in [2.05, 4.69) is 32.2 Å². The maximum Gasteiger partial charge on any atom is 0.130 e. The molecule has 0 bridgehead atoms. The van der Waals surface area contributed by atoms with Gasteiger partial charge in [0.25, 0.3) is 0 Å². The number of ketones is 1. The van der Waals surface area contributed by atoms with Gasteiger partial charge in [-0.1, -0.05) is 54.6 Å². The van der Waals surface area contributed by atoms with Gasteiger partial charge in [0.05, 0.1) is 4.87 Å². The largest absolute Gasteiger partial charge is 0.300 e. The summed E-state index contributed by atoms with van der Waals surface area (Å²) in [5.74, 6) is 0.178. The van der Waals surface area contributed by atoms with E-state index in [4.69, 9.17) is 11.6 Å². The smallest absolute Gasteiger partial charge is 0.130 e. The highest BCUT2D eigenvalue weighted by atomic mass is 35.5. The van der Waals surface area contributed by atoms with Crippen LogP contribution in [0.3, 0.4) is 0 Å². The number of aryl methyl sites for hydroxylation is 1. The van der Waals surface area contributed by atoms with Gasteiger partial charge in [-0.05, 0) is 56.4 Å². The van der Waals surface area contributed by atoms with Crippen LogP contribution in [-0.2, 0) is 4.79 Å². The molecule has 24 heavy (non-hydrogen) atoms. The van der Waals surface area contributed by atoms with Crippen LogP contribution in [0.25, 0.3) is 5.57 Å². The van der Waals surface area contributed by atoms with E-state index in [9.17, 15) is 4.79 Å². The van der Waals surface area contributed by atoms with Crippen LogP contribution < -0.4 is 0 Å². The van der Waals surface area contributed by atoms with Crippen LogP contribution in [0.2, 0.25) is 0 Å². The maximum atomic E-state index is 11.3. The molecule has 0 spiro atoms. The van der Waals surface area contributed by atoms with Gasteiger partial charge in [0.2, 0.25) is 0 Å². The van der Waals surface area contributed by atoms with Crippen LogP contribution in [0, 0.1) is 6.92 Å². The van der Waals surface area contributed by atoms with Crippen LogP contribution >= 0.6 is 11.6 Å². The fourth-order valence-corrected chi connectivity index (χ4v) is 2.37. The lowest BCUT2D eigenvalue weighted by Crippen LogP contribution is -2.06. The Balaban J connectivity index is 3.34. The summed E-state index contributed by atoms with van der Waals surface area (Å²) in [6, 6.07) is 8.23. The van der Waals surface area contributed by atoms with Gasteiger partial charge in [-0.15, -0.1) is 18.2 Å². The molecule has 0 N–H and O–H groups in total. The van der Waals surface area contributed by atoms with Gasteiger partial charge < -0.3 is 4.79 Å². The minimum absolute atomic E-state index is 0.178. The second-order valence-corrected chi connectivity index (χ2v) is 7.16. The van der Waals surface area contributed by atoms with Gasteiger partial charge >= 0.3 is 0 Å². The number of carbonyl (C=O) groups excluding carboxylic acids is 1. The fraction of sp³-hybridized carbons (Fsp3) is 0.318. The average molecular weight is 343 g/mol. The molecule has 1 atom stereocenters. The molecule has 0 heterocycles. The third kappa shape index (κ3) is 5.98. The lowest BCUT2D eigenvalue weighted by atomic mass is 9.90. The molecule has 2 heteroatoms. The zero-order chi connectivity index (χ0) is 18.3. The number of hydrogen-bond donors (Lipinski definition) is 0. The molecule has 1 aromatic rings. The summed E-state index contributed by atoms with van der Waals surface area (Å²) < 4.78 is 0. The number of carbonyl (C=O) groups is 1. The molecule has 1 nitrogen and oxygen atoms in total. The number of Topliss-reactive ketones (excluding diaryl/α,β-unsaturated/α-hetero) is 1. The highest BCUT2D eigenvalue weighted by Gasteiger charge is 2.14. The Bertz CT molecular complexity index is 690. The third-order valence-corrected chi connectivity index (χ3v) is 4.40. The van der Waals surface area contributed by atoms with Crippen molar-refractivity contribution in [2.75, 3.05) is 0 Å². The Morgan fingerprint density at radius 3 is 2.42 bits per heavy atom. The van der Waals surface area contributed by atoms with Gasteiger partial charge in [0, 0.05) is 6.42 Å². The maximum absolute atomic E-state index is 11.3. The van der Waals surface area contributed by atoms with E-state index in [-0.39, 0.29) is 5.78 Å². The number of benzene rings is 1. The molecule has 1 unspecified atom stereocenters. The van der Waals surface area contributed by atoms with E-state index >= 15 is 0 Å². The molecule has 0 saturated heterocycles. The van der Waals surface area contributed by atoms with E-state index in [1.165, 1.54) is 5.56 Å². The average Bonchev–Trinajstić information content (AvgIpc) is 2.54. The van der Waals surface area contributed by atoms with Gasteiger partial charge in [0.1, 0.15) is 5.78 Å². The lowest BCUT2D eigenvalue weighted by molar-refractivity contribution is -0.116. The molecule has 0 aliphatic carbocycles. The number of hydrogen-bond acceptors (Lipinski definition) is 1. The second-order valence-electron chi connectivity index (χ2n) is 6.35. The first-order valence-electron chi connectivity index (χ1n) is 8.14. The summed E-state index contributed by atoms with van der Waals surface area (Å²) in [5.41, 5.74) is 5.47. The number of halogens is 1. The van der Waals surface area contributed by atoms with Crippen LogP contribution in [0.5, 0.6) is 0 Å². The Labute approximate surface area is 151 Å². The minimum Gasteiger partial charge on any atom is -0.300 e. The topological polar surface area (TPSA) is 17.1 Å². The molecule has 1 aromatic carbocycles. The Morgan fingerprint density at radius 2 is 1.88 bits per heavy atom. The predicted octanol–water partition coefficient (Wildman–Crippen LogP) is 6.43. The normalized spacial score (nSPS) is 14.9. The zero-order valence-corrected chi connectivity index (χ0v) is 15.9. The number of alkyl halides is 1. The SMILES string of the molecule is C=CC(C)(Cl)/C=C\C(=C(/C)C(=C)CCC(C)=O)c1ccccc1C. The zero-order valence-electron chi connectivity index (χ0n) is 15.2. The van der Waals surface area contributed by atoms with Crippen molar-refractivity contribution in [2.45, 2.75) is 45.4 Å². The summed E-state index contributed by atoms with van der Waals surface area (Å²) in [5, 5.41) is 0. The van der Waals surface area contributed by atoms with Gasteiger partial charge in [-0.2, -0.15) is 0 Å². The Morgan fingerprint density at radius 1 is 1.25 bits per heavy atom. The summed E-state index contributed by atoms with van der Waals surface area (Å²) in [6.07, 6.45) is 6.86. The molecule has 0 fully saturated rings. The minimum atomic E-state index is -0.602. The number of allylic oxidation sites excluding steroid dienone is 6. The molecule has 128 valence electrons. The first-order valence-corrected chi connectivity index (χ1v) is 8.52. The number of rotatable bonds is 8. The summed E-state index contributed by atoms with van der Waals surface area (Å²) in [4.78, 5) is 10.7. The monoisotopic (exact) mass is 342 g/mol. The van der Waals surface area contributed by atoms with Crippen molar-refractivity contribution in [3.8, 4) is 0 Å². The molecule has 0 aliphatic heterocycles. The lowest BCUT2D eigenvalue weighted by Gasteiger charge is -2.16. The van der Waals surface area contributed by atoms with E-state index in [0.717, 1.165) is 22.3 Å². The van der Waals surface area contributed by atoms with Gasteiger partial charge in [-0.25, -0.2) is 0 Å². The molecule has 0 amide bonds. The fourth-order valence-electron chi connectivity index (χ4n) is 2.31. The Kier molecular flexibility index (Phi) is 7.44. The second kappa shape index (κ2) is 8.84. The van der Waals surface area contributed by atoms with Crippen LogP contribution in [-0.4, -0.2) is 10.7 Å². The van der Waals surface area contributed by atoms with Crippen molar-refractivity contribution in [2.24, 2.45) is 0 Å². The van der Waals surface area contributed by atoms with Crippen molar-refractivity contribution in [3.63, 3.8) is 0 Å². The first kappa shape index (κ1) is 20.2. The molecule has 0 aliphatic rings. The Hall–Kier alpha value is -1.86. The van der Waals surface area contributed by atoms with E-state index in [1.807, 2.05) is 38.1 Å². The van der Waals surface area contributed by atoms with Gasteiger partial charge in [-0.3, -0.25) is 0 Å². The third-order valence-electron chi connectivity index (χ3n) is 4.12. The molecular formula is C22H27ClO.